The van der Waals surface area contributed by atoms with Crippen LogP contribution in [-0.4, -0.2) is 43.6 Å². The average molecular weight is 640 g/mol. The Bertz CT molecular complexity index is 523. The summed E-state index contributed by atoms with van der Waals surface area (Å²) < 4.78 is 3.29. The van der Waals surface area contributed by atoms with Gasteiger partial charge in [0.25, 0.3) is 0 Å². The molecule has 0 amide bonds. The van der Waals surface area contributed by atoms with E-state index in [1.807, 2.05) is 0 Å². The molecule has 0 saturated heterocycles. The number of carbonyl (C=O) groups excluding carboxylic acids is 2. The van der Waals surface area contributed by atoms with Crippen molar-refractivity contribution in [2.45, 2.75) is 98.4 Å². The third kappa shape index (κ3) is 22.8. The maximum Gasteiger partial charge on any atom is 0.0738 e. The quantitative estimate of drug-likeness (QED) is 0.130. The van der Waals surface area contributed by atoms with Crippen molar-refractivity contribution in [3.8, 4) is 0 Å². The maximum atomic E-state index is 10.0. The van der Waals surface area contributed by atoms with E-state index in [4.69, 9.17) is 0 Å². The number of carboxylic acids is 2. The van der Waals surface area contributed by atoms with Crippen molar-refractivity contribution < 1.29 is 19.8 Å². The fraction of sp³-hybridized carbons (Fsp3) is 0.750. The number of carboxylic acid groups (broad SMARTS) is 2. The molecule has 2 atom stereocenters. The normalized spacial score (nSPS) is 18.5. The molecule has 0 aliphatic carbocycles. The molecule has 0 radical (unpaired) electrons. The van der Waals surface area contributed by atoms with Gasteiger partial charge in [-0.25, -0.2) is 0 Å². The minimum Gasteiger partial charge on any atom is -0.549 e. The molecule has 9 heteroatoms. The largest absolute Gasteiger partial charge is 0.549 e. The van der Waals surface area contributed by atoms with E-state index in [9.17, 15) is 19.8 Å². The van der Waals surface area contributed by atoms with E-state index in [-0.39, 0.29) is 21.1 Å². The van der Waals surface area contributed by atoms with Crippen LogP contribution in [0.1, 0.15) is 79.1 Å². The minimum absolute atomic E-state index is 0.0570. The van der Waals surface area contributed by atoms with Gasteiger partial charge in [0, 0.05) is 0 Å². The Kier molecular flexibility index (Phi) is 23.5. The third-order valence-corrected chi connectivity index (χ3v) is 13.2. The minimum atomic E-state index is -1.00. The van der Waals surface area contributed by atoms with E-state index < -0.39 is 22.4 Å². The monoisotopic (exact) mass is 640 g/mol. The van der Waals surface area contributed by atoms with Crippen molar-refractivity contribution in [1.82, 2.24) is 0 Å². The Morgan fingerprint density at radius 1 is 0.727 bits per heavy atom. The molecule has 0 saturated carbocycles. The Morgan fingerprint density at radius 2 is 1.12 bits per heavy atom. The van der Waals surface area contributed by atoms with Gasteiger partial charge < -0.3 is 19.8 Å². The zero-order valence-corrected chi connectivity index (χ0v) is 26.6. The molecule has 2 aliphatic rings. The second-order valence-electron chi connectivity index (χ2n) is 8.76. The fourth-order valence-electron chi connectivity index (χ4n) is 2.77. The van der Waals surface area contributed by atoms with E-state index in [0.717, 1.165) is 11.8 Å². The summed E-state index contributed by atoms with van der Waals surface area (Å²) >= 11 is 0.0570. The van der Waals surface area contributed by atoms with Gasteiger partial charge in [0.2, 0.25) is 0 Å². The van der Waals surface area contributed by atoms with Crippen LogP contribution in [0.4, 0.5) is 0 Å². The second kappa shape index (κ2) is 23.0. The SMILES string of the molecule is CC(C)CCCC[CH2][Sn+2][CH2]CCCCC(C)C.O=C([O-])C1C=CSS1.O=C([O-])C1C=CSS1. The van der Waals surface area contributed by atoms with E-state index in [1.54, 1.807) is 44.7 Å². The summed E-state index contributed by atoms with van der Waals surface area (Å²) in [5.41, 5.74) is 0. The smallest absolute Gasteiger partial charge is 0.0738 e. The molecule has 0 fully saturated rings. The fourth-order valence-corrected chi connectivity index (χ4v) is 10.1. The second-order valence-corrected chi connectivity index (χ2v) is 17.7. The van der Waals surface area contributed by atoms with Crippen LogP contribution >= 0.6 is 43.2 Å². The van der Waals surface area contributed by atoms with Crippen molar-refractivity contribution in [3.05, 3.63) is 23.0 Å². The molecule has 188 valence electrons. The van der Waals surface area contributed by atoms with Gasteiger partial charge in [-0.1, -0.05) is 55.3 Å². The number of aliphatic carboxylic acids is 2. The molecule has 0 N–H and O–H groups in total. The van der Waals surface area contributed by atoms with Crippen molar-refractivity contribution >= 4 is 76.3 Å². The Morgan fingerprint density at radius 3 is 1.36 bits per heavy atom. The molecule has 0 spiro atoms. The van der Waals surface area contributed by atoms with Gasteiger partial charge in [0.05, 0.1) is 22.4 Å². The number of hydrogen-bond donors (Lipinski definition) is 0. The first-order valence-electron chi connectivity index (χ1n) is 11.8. The number of rotatable bonds is 14. The molecule has 2 aliphatic heterocycles. The zero-order chi connectivity index (χ0) is 24.9. The predicted octanol–water partition coefficient (Wildman–Crippen LogP) is 5.99. The standard InChI is InChI=1S/2C8H17.2C4H4O2S2.Sn/c2*1-4-5-6-7-8(2)3;2*5-4(6)3-1-2-7-8-3;/h2*8H,1,4-7H2,2-3H3;2*1-3H,(H,5,6);/q;;;;+2/p-2. The topological polar surface area (TPSA) is 80.3 Å². The summed E-state index contributed by atoms with van der Waals surface area (Å²) in [6, 6.07) is 0. The number of carbonyl (C=O) groups is 2. The molecular formula is C24H40O4S4Sn. The average Bonchev–Trinajstić information content (AvgIpc) is 3.47. The van der Waals surface area contributed by atoms with Crippen LogP contribution in [0.5, 0.6) is 0 Å². The molecule has 2 unspecified atom stereocenters. The van der Waals surface area contributed by atoms with Crippen LogP contribution in [0.3, 0.4) is 0 Å². The molecule has 0 aromatic rings. The summed E-state index contributed by atoms with van der Waals surface area (Å²) in [6.07, 6.45) is 15.2. The van der Waals surface area contributed by atoms with Gasteiger partial charge in [0.1, 0.15) is 0 Å². The summed E-state index contributed by atoms with van der Waals surface area (Å²) in [5, 5.41) is 22.7. The Balaban J connectivity index is 0.000000525. The van der Waals surface area contributed by atoms with Gasteiger partial charge >= 0.3 is 121 Å². The Hall–Kier alpha value is 0.619. The first-order chi connectivity index (χ1) is 15.7. The van der Waals surface area contributed by atoms with E-state index >= 15 is 0 Å². The van der Waals surface area contributed by atoms with Gasteiger partial charge in [-0.3, -0.25) is 0 Å². The first kappa shape index (κ1) is 33.6. The van der Waals surface area contributed by atoms with E-state index in [2.05, 4.69) is 27.7 Å². The van der Waals surface area contributed by atoms with Gasteiger partial charge in [-0.15, -0.1) is 0 Å². The van der Waals surface area contributed by atoms with Gasteiger partial charge in [-0.05, 0) is 10.8 Å². The molecule has 0 aromatic heterocycles. The van der Waals surface area contributed by atoms with Crippen LogP contribution in [0.15, 0.2) is 23.0 Å². The number of hydrogen-bond acceptors (Lipinski definition) is 8. The summed E-state index contributed by atoms with van der Waals surface area (Å²) in [5.74, 6) is -0.181. The summed E-state index contributed by atoms with van der Waals surface area (Å²) in [7, 11) is 5.44. The molecule has 2 rings (SSSR count). The van der Waals surface area contributed by atoms with Crippen molar-refractivity contribution in [1.29, 1.82) is 0 Å². The first-order valence-corrected chi connectivity index (χ1v) is 20.4. The van der Waals surface area contributed by atoms with Crippen molar-refractivity contribution in [2.75, 3.05) is 0 Å². The number of unbranched alkanes of at least 4 members (excludes halogenated alkanes) is 4. The van der Waals surface area contributed by atoms with Crippen LogP contribution < -0.4 is 10.2 Å². The zero-order valence-electron chi connectivity index (χ0n) is 20.5. The van der Waals surface area contributed by atoms with Crippen LogP contribution in [0, 0.1) is 11.8 Å². The van der Waals surface area contributed by atoms with E-state index in [1.165, 1.54) is 81.7 Å². The van der Waals surface area contributed by atoms with Gasteiger partial charge in [0.15, 0.2) is 0 Å². The molecule has 4 nitrogen and oxygen atoms in total. The molecule has 0 aromatic carbocycles. The van der Waals surface area contributed by atoms with Crippen molar-refractivity contribution in [2.24, 2.45) is 11.8 Å². The molecule has 2 heterocycles. The van der Waals surface area contributed by atoms with Crippen LogP contribution in [-0.2, 0) is 9.59 Å². The van der Waals surface area contributed by atoms with Crippen molar-refractivity contribution in [3.63, 3.8) is 0 Å². The van der Waals surface area contributed by atoms with E-state index in [0.29, 0.717) is 0 Å². The Labute approximate surface area is 227 Å². The summed E-state index contributed by atoms with van der Waals surface area (Å²) in [6.45, 7) is 9.36. The van der Waals surface area contributed by atoms with Gasteiger partial charge in [-0.2, -0.15) is 0 Å². The van der Waals surface area contributed by atoms with Crippen LogP contribution in [0.25, 0.3) is 0 Å². The van der Waals surface area contributed by atoms with Crippen LogP contribution in [0.2, 0.25) is 8.87 Å². The third-order valence-electron chi connectivity index (χ3n) is 4.67. The molecule has 33 heavy (non-hydrogen) atoms. The molecular weight excluding hydrogens is 599 g/mol. The maximum absolute atomic E-state index is 10.0. The summed E-state index contributed by atoms with van der Waals surface area (Å²) in [4.78, 5) is 20.0. The predicted molar refractivity (Wildman–Crippen MR) is 148 cm³/mol. The molecule has 0 bridgehead atoms.